The third kappa shape index (κ3) is 4.87. The van der Waals surface area contributed by atoms with Gasteiger partial charge in [0.1, 0.15) is 0 Å². The summed E-state index contributed by atoms with van der Waals surface area (Å²) in [6, 6.07) is 11.6. The van der Waals surface area contributed by atoms with E-state index >= 15 is 0 Å². The molecule has 0 aliphatic carbocycles. The Bertz CT molecular complexity index is 917. The number of aryl methyl sites for hydroxylation is 2. The van der Waals surface area contributed by atoms with Gasteiger partial charge >= 0.3 is 0 Å². The summed E-state index contributed by atoms with van der Waals surface area (Å²) in [6.07, 6.45) is 1.95. The molecule has 1 saturated heterocycles. The molecule has 1 aliphatic rings. The van der Waals surface area contributed by atoms with Crippen LogP contribution in [-0.4, -0.2) is 33.6 Å². The summed E-state index contributed by atoms with van der Waals surface area (Å²) in [5.74, 6) is -0.296. The Morgan fingerprint density at radius 3 is 2.56 bits per heavy atom. The molecule has 0 aromatic heterocycles. The standard InChI is InChI=1S/C20H24N2O4S/c1-14-5-8-16(9-6-14)22-27(24,25)18-10-7-15(2)19(12-18)20(23)21-13-17-4-3-11-26-17/h5-10,12,17,22H,3-4,11,13H2,1-2H3,(H,21,23)/t17-/m1/s1. The molecule has 1 amide bonds. The van der Waals surface area contributed by atoms with Crippen molar-refractivity contribution >= 4 is 21.6 Å². The van der Waals surface area contributed by atoms with Crippen LogP contribution in [-0.2, 0) is 14.8 Å². The fourth-order valence-corrected chi connectivity index (χ4v) is 4.04. The number of hydrogen-bond acceptors (Lipinski definition) is 4. The maximum absolute atomic E-state index is 12.7. The van der Waals surface area contributed by atoms with Crippen molar-refractivity contribution in [3.05, 3.63) is 59.2 Å². The van der Waals surface area contributed by atoms with E-state index in [1.165, 1.54) is 12.1 Å². The van der Waals surface area contributed by atoms with Crippen molar-refractivity contribution in [2.75, 3.05) is 17.9 Å². The van der Waals surface area contributed by atoms with E-state index in [4.69, 9.17) is 4.74 Å². The minimum Gasteiger partial charge on any atom is -0.376 e. The summed E-state index contributed by atoms with van der Waals surface area (Å²) in [4.78, 5) is 12.6. The number of nitrogens with one attached hydrogen (secondary N) is 2. The number of hydrogen-bond donors (Lipinski definition) is 2. The van der Waals surface area contributed by atoms with E-state index in [-0.39, 0.29) is 16.9 Å². The zero-order chi connectivity index (χ0) is 19.4. The van der Waals surface area contributed by atoms with Gasteiger partial charge in [0, 0.05) is 24.4 Å². The van der Waals surface area contributed by atoms with Crippen molar-refractivity contribution in [1.29, 1.82) is 0 Å². The first kappa shape index (κ1) is 19.4. The lowest BCUT2D eigenvalue weighted by atomic mass is 10.1. The van der Waals surface area contributed by atoms with Crippen molar-refractivity contribution in [1.82, 2.24) is 5.32 Å². The number of benzene rings is 2. The predicted octanol–water partition coefficient (Wildman–Crippen LogP) is 3.01. The maximum Gasteiger partial charge on any atom is 0.261 e. The summed E-state index contributed by atoms with van der Waals surface area (Å²) >= 11 is 0. The molecule has 0 spiro atoms. The van der Waals surface area contributed by atoms with E-state index in [0.29, 0.717) is 23.4 Å². The molecule has 2 aromatic carbocycles. The summed E-state index contributed by atoms with van der Waals surface area (Å²) in [5.41, 5.74) is 2.58. The van der Waals surface area contributed by atoms with Gasteiger partial charge in [0.05, 0.1) is 11.0 Å². The Balaban J connectivity index is 1.76. The van der Waals surface area contributed by atoms with Gasteiger partial charge in [0.25, 0.3) is 15.9 Å². The van der Waals surface area contributed by atoms with Gasteiger partial charge in [-0.3, -0.25) is 9.52 Å². The molecule has 6 nitrogen and oxygen atoms in total. The van der Waals surface area contributed by atoms with Gasteiger partial charge in [0.15, 0.2) is 0 Å². The Labute approximate surface area is 160 Å². The first-order chi connectivity index (χ1) is 12.8. The summed E-state index contributed by atoms with van der Waals surface area (Å²) in [6.45, 7) is 4.86. The zero-order valence-corrected chi connectivity index (χ0v) is 16.3. The second-order valence-electron chi connectivity index (χ2n) is 6.79. The lowest BCUT2D eigenvalue weighted by Crippen LogP contribution is -2.32. The topological polar surface area (TPSA) is 84.5 Å². The lowest BCUT2D eigenvalue weighted by Gasteiger charge is -2.14. The molecule has 0 radical (unpaired) electrons. The van der Waals surface area contributed by atoms with Gasteiger partial charge in [-0.05, 0) is 56.5 Å². The van der Waals surface area contributed by atoms with Crippen molar-refractivity contribution in [2.45, 2.75) is 37.7 Å². The molecule has 1 atom stereocenters. The van der Waals surface area contributed by atoms with E-state index in [0.717, 1.165) is 25.0 Å². The first-order valence-electron chi connectivity index (χ1n) is 8.95. The Hall–Kier alpha value is -2.38. The highest BCUT2D eigenvalue weighted by atomic mass is 32.2. The third-order valence-corrected chi connectivity index (χ3v) is 5.96. The molecule has 144 valence electrons. The molecule has 1 heterocycles. The maximum atomic E-state index is 12.7. The minimum absolute atomic E-state index is 0.0318. The number of rotatable bonds is 6. The van der Waals surface area contributed by atoms with E-state index in [9.17, 15) is 13.2 Å². The Morgan fingerprint density at radius 2 is 1.89 bits per heavy atom. The fourth-order valence-electron chi connectivity index (χ4n) is 2.96. The molecule has 1 fully saturated rings. The largest absolute Gasteiger partial charge is 0.376 e. The number of anilines is 1. The predicted molar refractivity (Wildman–Crippen MR) is 104 cm³/mol. The SMILES string of the molecule is Cc1ccc(NS(=O)(=O)c2ccc(C)c(C(=O)NC[C@H]3CCCO3)c2)cc1. The van der Waals surface area contributed by atoms with Crippen molar-refractivity contribution in [3.8, 4) is 0 Å². The highest BCUT2D eigenvalue weighted by molar-refractivity contribution is 7.92. The summed E-state index contributed by atoms with van der Waals surface area (Å²) in [5, 5.41) is 2.84. The number of sulfonamides is 1. The molecule has 0 saturated carbocycles. The average molecular weight is 388 g/mol. The highest BCUT2D eigenvalue weighted by Crippen LogP contribution is 2.20. The van der Waals surface area contributed by atoms with E-state index in [2.05, 4.69) is 10.0 Å². The fraction of sp³-hybridized carbons (Fsp3) is 0.350. The quantitative estimate of drug-likeness (QED) is 0.797. The highest BCUT2D eigenvalue weighted by Gasteiger charge is 2.20. The number of carbonyl (C=O) groups excluding carboxylic acids is 1. The van der Waals surface area contributed by atoms with E-state index < -0.39 is 10.0 Å². The average Bonchev–Trinajstić information content (AvgIpc) is 3.15. The van der Waals surface area contributed by atoms with Gasteiger partial charge < -0.3 is 10.1 Å². The summed E-state index contributed by atoms with van der Waals surface area (Å²) < 4.78 is 33.4. The van der Waals surface area contributed by atoms with Crippen LogP contribution in [0.4, 0.5) is 5.69 Å². The van der Waals surface area contributed by atoms with Gasteiger partial charge in [-0.2, -0.15) is 0 Å². The van der Waals surface area contributed by atoms with Crippen LogP contribution in [0.3, 0.4) is 0 Å². The molecule has 7 heteroatoms. The molecule has 27 heavy (non-hydrogen) atoms. The molecule has 3 rings (SSSR count). The van der Waals surface area contributed by atoms with Crippen molar-refractivity contribution in [3.63, 3.8) is 0 Å². The number of amides is 1. The normalized spacial score (nSPS) is 16.9. The van der Waals surface area contributed by atoms with Crippen LogP contribution in [0.25, 0.3) is 0 Å². The van der Waals surface area contributed by atoms with Gasteiger partial charge in [-0.25, -0.2) is 8.42 Å². The van der Waals surface area contributed by atoms with Crippen LogP contribution < -0.4 is 10.0 Å². The van der Waals surface area contributed by atoms with Crippen LogP contribution in [0.2, 0.25) is 0 Å². The number of carbonyl (C=O) groups is 1. The minimum atomic E-state index is -3.78. The Morgan fingerprint density at radius 1 is 1.15 bits per heavy atom. The lowest BCUT2D eigenvalue weighted by molar-refractivity contribution is 0.0857. The van der Waals surface area contributed by atoms with E-state index in [1.807, 2.05) is 19.1 Å². The van der Waals surface area contributed by atoms with Crippen LogP contribution in [0.5, 0.6) is 0 Å². The smallest absolute Gasteiger partial charge is 0.261 e. The van der Waals surface area contributed by atoms with Gasteiger partial charge in [-0.15, -0.1) is 0 Å². The molecule has 1 aliphatic heterocycles. The summed E-state index contributed by atoms with van der Waals surface area (Å²) in [7, 11) is -3.78. The van der Waals surface area contributed by atoms with Crippen LogP contribution in [0.15, 0.2) is 47.4 Å². The number of ether oxygens (including phenoxy) is 1. The van der Waals surface area contributed by atoms with Crippen LogP contribution in [0, 0.1) is 13.8 Å². The van der Waals surface area contributed by atoms with Gasteiger partial charge in [-0.1, -0.05) is 23.8 Å². The van der Waals surface area contributed by atoms with Crippen LogP contribution >= 0.6 is 0 Å². The Kier molecular flexibility index (Phi) is 5.82. The zero-order valence-electron chi connectivity index (χ0n) is 15.5. The van der Waals surface area contributed by atoms with Gasteiger partial charge in [0.2, 0.25) is 0 Å². The van der Waals surface area contributed by atoms with E-state index in [1.54, 1.807) is 25.1 Å². The second kappa shape index (κ2) is 8.10. The third-order valence-electron chi connectivity index (χ3n) is 4.58. The van der Waals surface area contributed by atoms with Crippen LogP contribution in [0.1, 0.15) is 34.3 Å². The molecule has 2 N–H and O–H groups in total. The second-order valence-corrected chi connectivity index (χ2v) is 8.48. The van der Waals surface area contributed by atoms with Crippen molar-refractivity contribution in [2.24, 2.45) is 0 Å². The molecular formula is C20H24N2O4S. The molecular weight excluding hydrogens is 364 g/mol. The molecule has 0 bridgehead atoms. The monoisotopic (exact) mass is 388 g/mol. The first-order valence-corrected chi connectivity index (χ1v) is 10.4. The molecule has 2 aromatic rings. The van der Waals surface area contributed by atoms with Crippen molar-refractivity contribution < 1.29 is 17.9 Å². The molecule has 0 unspecified atom stereocenters.